The summed E-state index contributed by atoms with van der Waals surface area (Å²) in [6.07, 6.45) is 8.23. The van der Waals surface area contributed by atoms with Gasteiger partial charge in [0.15, 0.2) is 5.41 Å². The summed E-state index contributed by atoms with van der Waals surface area (Å²) in [6.45, 7) is 6.97. The zero-order valence-corrected chi connectivity index (χ0v) is 13.0. The summed E-state index contributed by atoms with van der Waals surface area (Å²) in [5, 5.41) is 0. The highest BCUT2D eigenvalue weighted by Gasteiger charge is 2.48. The van der Waals surface area contributed by atoms with E-state index in [4.69, 9.17) is 15.9 Å². The van der Waals surface area contributed by atoms with Crippen LogP contribution in [0.4, 0.5) is 0 Å². The van der Waals surface area contributed by atoms with E-state index in [9.17, 15) is 9.59 Å². The van der Waals surface area contributed by atoms with Crippen LogP contribution in [0.5, 0.6) is 0 Å². The molecule has 0 N–H and O–H groups in total. The molecular formula is C19H20O4. The Labute approximate surface area is 136 Å². The number of terminal acetylenes is 1. The molecule has 0 aromatic heterocycles. The molecule has 0 heterocycles. The maximum atomic E-state index is 12.5. The Balaban J connectivity index is 3.19. The summed E-state index contributed by atoms with van der Waals surface area (Å²) in [7, 11) is 0. The average Bonchev–Trinajstić information content (AvgIpc) is 2.57. The van der Waals surface area contributed by atoms with Crippen LogP contribution in [0.2, 0.25) is 0 Å². The molecule has 1 rings (SSSR count). The quantitative estimate of drug-likeness (QED) is 0.304. The Bertz CT molecular complexity index is 572. The van der Waals surface area contributed by atoms with Crippen LogP contribution in [0.25, 0.3) is 0 Å². The molecule has 23 heavy (non-hydrogen) atoms. The van der Waals surface area contributed by atoms with E-state index in [2.05, 4.69) is 19.1 Å². The Morgan fingerprint density at radius 2 is 1.61 bits per heavy atom. The summed E-state index contributed by atoms with van der Waals surface area (Å²) in [5.41, 5.74) is -0.795. The highest BCUT2D eigenvalue weighted by atomic mass is 16.6. The smallest absolute Gasteiger partial charge is 0.325 e. The van der Waals surface area contributed by atoms with Crippen LogP contribution < -0.4 is 0 Å². The SMILES string of the molecule is C#CCC(Cc1ccccc1)(C(=O)OCC=C)C(=O)OCC=C. The fourth-order valence-electron chi connectivity index (χ4n) is 2.10. The van der Waals surface area contributed by atoms with Crippen molar-refractivity contribution in [2.24, 2.45) is 5.41 Å². The second kappa shape index (κ2) is 9.26. The molecule has 0 amide bonds. The van der Waals surface area contributed by atoms with Crippen molar-refractivity contribution in [1.29, 1.82) is 0 Å². The summed E-state index contributed by atoms with van der Waals surface area (Å²) < 4.78 is 10.2. The molecule has 0 aliphatic heterocycles. The molecule has 0 aliphatic carbocycles. The van der Waals surface area contributed by atoms with Crippen LogP contribution in [0, 0.1) is 17.8 Å². The van der Waals surface area contributed by atoms with Crippen molar-refractivity contribution in [3.63, 3.8) is 0 Å². The third kappa shape index (κ3) is 4.86. The van der Waals surface area contributed by atoms with Crippen molar-refractivity contribution in [2.75, 3.05) is 13.2 Å². The van der Waals surface area contributed by atoms with Crippen molar-refractivity contribution in [3.05, 3.63) is 61.2 Å². The third-order valence-electron chi connectivity index (χ3n) is 3.20. The first-order chi connectivity index (χ1) is 11.1. The molecule has 0 saturated carbocycles. The van der Waals surface area contributed by atoms with Gasteiger partial charge in [0.1, 0.15) is 13.2 Å². The molecule has 0 unspecified atom stereocenters. The van der Waals surface area contributed by atoms with Gasteiger partial charge in [-0.25, -0.2) is 0 Å². The predicted octanol–water partition coefficient (Wildman–Crippen LogP) is 2.70. The Kier molecular flexibility index (Phi) is 7.35. The van der Waals surface area contributed by atoms with Crippen LogP contribution in [0.3, 0.4) is 0 Å². The topological polar surface area (TPSA) is 52.6 Å². The number of carbonyl (C=O) groups excluding carboxylic acids is 2. The zero-order chi connectivity index (χ0) is 17.1. The first kappa shape index (κ1) is 18.2. The second-order valence-corrected chi connectivity index (χ2v) is 4.90. The van der Waals surface area contributed by atoms with Gasteiger partial charge in [-0.15, -0.1) is 12.3 Å². The number of rotatable bonds is 9. The van der Waals surface area contributed by atoms with Gasteiger partial charge in [0, 0.05) is 12.8 Å². The first-order valence-corrected chi connectivity index (χ1v) is 7.14. The van der Waals surface area contributed by atoms with Gasteiger partial charge in [0.25, 0.3) is 0 Å². The largest absolute Gasteiger partial charge is 0.461 e. The van der Waals surface area contributed by atoms with Crippen LogP contribution in [0.15, 0.2) is 55.6 Å². The molecule has 4 heteroatoms. The zero-order valence-electron chi connectivity index (χ0n) is 13.0. The van der Waals surface area contributed by atoms with E-state index >= 15 is 0 Å². The number of ether oxygens (including phenoxy) is 2. The molecule has 0 bridgehead atoms. The lowest BCUT2D eigenvalue weighted by atomic mass is 9.78. The molecule has 0 saturated heterocycles. The van der Waals surface area contributed by atoms with Crippen LogP contribution in [-0.2, 0) is 25.5 Å². The van der Waals surface area contributed by atoms with Crippen molar-refractivity contribution in [3.8, 4) is 12.3 Å². The van der Waals surface area contributed by atoms with Crippen molar-refractivity contribution in [1.82, 2.24) is 0 Å². The minimum Gasteiger partial charge on any atom is -0.461 e. The minimum atomic E-state index is -1.58. The summed E-state index contributed by atoms with van der Waals surface area (Å²) in [6, 6.07) is 9.11. The van der Waals surface area contributed by atoms with Gasteiger partial charge in [-0.1, -0.05) is 55.6 Å². The van der Waals surface area contributed by atoms with Gasteiger partial charge in [-0.3, -0.25) is 9.59 Å². The van der Waals surface area contributed by atoms with Gasteiger partial charge >= 0.3 is 11.9 Å². The third-order valence-corrected chi connectivity index (χ3v) is 3.20. The standard InChI is InChI=1S/C19H20O4/c1-4-12-19(17(20)22-13-5-2,18(21)23-14-6-3)15-16-10-8-7-9-11-16/h1,5-11H,2-3,12-15H2. The fraction of sp³-hybridized carbons (Fsp3) is 0.263. The summed E-state index contributed by atoms with van der Waals surface area (Å²) in [4.78, 5) is 25.1. The van der Waals surface area contributed by atoms with E-state index in [1.165, 1.54) is 12.2 Å². The highest BCUT2D eigenvalue weighted by molar-refractivity contribution is 6.00. The number of carbonyl (C=O) groups is 2. The van der Waals surface area contributed by atoms with E-state index < -0.39 is 17.4 Å². The van der Waals surface area contributed by atoms with E-state index in [1.807, 2.05) is 30.3 Å². The normalized spacial score (nSPS) is 10.2. The van der Waals surface area contributed by atoms with Gasteiger partial charge < -0.3 is 9.47 Å². The Hall–Kier alpha value is -2.80. The van der Waals surface area contributed by atoms with E-state index in [-0.39, 0.29) is 26.1 Å². The molecule has 0 aliphatic rings. The van der Waals surface area contributed by atoms with E-state index in [1.54, 1.807) is 0 Å². The molecule has 120 valence electrons. The molecule has 0 atom stereocenters. The maximum absolute atomic E-state index is 12.5. The van der Waals surface area contributed by atoms with Crippen molar-refractivity contribution >= 4 is 11.9 Å². The fourth-order valence-corrected chi connectivity index (χ4v) is 2.10. The Morgan fingerprint density at radius 3 is 2.04 bits per heavy atom. The van der Waals surface area contributed by atoms with Crippen molar-refractivity contribution < 1.29 is 19.1 Å². The molecule has 1 aromatic rings. The van der Waals surface area contributed by atoms with Gasteiger partial charge in [0.05, 0.1) is 0 Å². The first-order valence-electron chi connectivity index (χ1n) is 7.14. The van der Waals surface area contributed by atoms with Crippen LogP contribution in [0.1, 0.15) is 12.0 Å². The Morgan fingerprint density at radius 1 is 1.09 bits per heavy atom. The molecule has 4 nitrogen and oxygen atoms in total. The number of benzene rings is 1. The highest BCUT2D eigenvalue weighted by Crippen LogP contribution is 2.31. The van der Waals surface area contributed by atoms with Crippen LogP contribution >= 0.6 is 0 Å². The monoisotopic (exact) mass is 312 g/mol. The maximum Gasteiger partial charge on any atom is 0.325 e. The molecule has 0 spiro atoms. The van der Waals surface area contributed by atoms with Crippen LogP contribution in [-0.4, -0.2) is 25.2 Å². The van der Waals surface area contributed by atoms with Gasteiger partial charge in [-0.2, -0.15) is 0 Å². The predicted molar refractivity (Wildman–Crippen MR) is 88.3 cm³/mol. The number of hydrogen-bond donors (Lipinski definition) is 0. The lowest BCUT2D eigenvalue weighted by molar-refractivity contribution is -0.170. The summed E-state index contributed by atoms with van der Waals surface area (Å²) in [5.74, 6) is 0.961. The number of hydrogen-bond acceptors (Lipinski definition) is 4. The van der Waals surface area contributed by atoms with E-state index in [0.29, 0.717) is 0 Å². The van der Waals surface area contributed by atoms with E-state index in [0.717, 1.165) is 5.56 Å². The van der Waals surface area contributed by atoms with Gasteiger partial charge in [0.2, 0.25) is 0 Å². The molecule has 0 fully saturated rings. The lowest BCUT2D eigenvalue weighted by Crippen LogP contribution is -2.44. The molecule has 1 aromatic carbocycles. The lowest BCUT2D eigenvalue weighted by Gasteiger charge is -2.27. The summed E-state index contributed by atoms with van der Waals surface area (Å²) >= 11 is 0. The molecule has 0 radical (unpaired) electrons. The number of esters is 2. The minimum absolute atomic E-state index is 0.00528. The molecular weight excluding hydrogens is 292 g/mol. The average molecular weight is 312 g/mol. The van der Waals surface area contributed by atoms with Gasteiger partial charge in [-0.05, 0) is 5.56 Å². The van der Waals surface area contributed by atoms with Crippen molar-refractivity contribution in [2.45, 2.75) is 12.8 Å². The second-order valence-electron chi connectivity index (χ2n) is 4.90.